The van der Waals surface area contributed by atoms with Gasteiger partial charge in [-0.25, -0.2) is 9.78 Å². The number of hydrogen-bond donors (Lipinski definition) is 2. The minimum Gasteiger partial charge on any atom is -0.477 e. The van der Waals surface area contributed by atoms with Gasteiger partial charge >= 0.3 is 5.97 Å². The van der Waals surface area contributed by atoms with Crippen molar-refractivity contribution in [2.75, 3.05) is 32.0 Å². The summed E-state index contributed by atoms with van der Waals surface area (Å²) in [7, 11) is 2.16. The standard InChI is InChI=1S/C14H21N3O2/c1-17-9-6-11(7-10-17)5-8-15-13-4-2-3-12(16-13)14(18)19/h2-4,11H,5-10H2,1H3,(H,15,16)(H,18,19). The van der Waals surface area contributed by atoms with Crippen LogP contribution in [-0.2, 0) is 0 Å². The quantitative estimate of drug-likeness (QED) is 0.849. The Balaban J connectivity index is 1.76. The molecule has 5 nitrogen and oxygen atoms in total. The Hall–Kier alpha value is -1.62. The van der Waals surface area contributed by atoms with E-state index < -0.39 is 5.97 Å². The number of nitrogens with one attached hydrogen (secondary N) is 1. The molecule has 5 heteroatoms. The second-order valence-electron chi connectivity index (χ2n) is 5.18. The lowest BCUT2D eigenvalue weighted by atomic mass is 9.94. The van der Waals surface area contributed by atoms with Gasteiger partial charge in [0.25, 0.3) is 0 Å². The maximum absolute atomic E-state index is 10.8. The fraction of sp³-hybridized carbons (Fsp3) is 0.571. The molecule has 1 aliphatic rings. The first-order chi connectivity index (χ1) is 9.15. The van der Waals surface area contributed by atoms with Crippen LogP contribution in [0.15, 0.2) is 18.2 Å². The molecule has 104 valence electrons. The van der Waals surface area contributed by atoms with Crippen molar-refractivity contribution in [1.82, 2.24) is 9.88 Å². The fourth-order valence-corrected chi connectivity index (χ4v) is 2.41. The highest BCUT2D eigenvalue weighted by Crippen LogP contribution is 2.19. The van der Waals surface area contributed by atoms with E-state index in [1.165, 1.54) is 32.0 Å². The predicted octanol–water partition coefficient (Wildman–Crippen LogP) is 1.92. The average molecular weight is 263 g/mol. The van der Waals surface area contributed by atoms with Crippen LogP contribution < -0.4 is 5.32 Å². The van der Waals surface area contributed by atoms with Gasteiger partial charge in [0, 0.05) is 6.54 Å². The van der Waals surface area contributed by atoms with E-state index in [2.05, 4.69) is 22.2 Å². The summed E-state index contributed by atoms with van der Waals surface area (Å²) in [5, 5.41) is 12.1. The zero-order valence-corrected chi connectivity index (χ0v) is 11.3. The minimum atomic E-state index is -0.987. The third kappa shape index (κ3) is 4.21. The first kappa shape index (κ1) is 13.8. The molecule has 1 saturated heterocycles. The number of aromatic nitrogens is 1. The van der Waals surface area contributed by atoms with Gasteiger partial charge < -0.3 is 15.3 Å². The summed E-state index contributed by atoms with van der Waals surface area (Å²) in [5.74, 6) is 0.429. The molecule has 2 rings (SSSR count). The van der Waals surface area contributed by atoms with Crippen molar-refractivity contribution >= 4 is 11.8 Å². The van der Waals surface area contributed by atoms with Gasteiger partial charge in [0.2, 0.25) is 0 Å². The van der Waals surface area contributed by atoms with Crippen LogP contribution in [0, 0.1) is 5.92 Å². The first-order valence-electron chi connectivity index (χ1n) is 6.78. The summed E-state index contributed by atoms with van der Waals surface area (Å²) in [4.78, 5) is 17.2. The van der Waals surface area contributed by atoms with E-state index in [0.717, 1.165) is 18.9 Å². The van der Waals surface area contributed by atoms with Gasteiger partial charge in [0.1, 0.15) is 5.82 Å². The van der Waals surface area contributed by atoms with E-state index in [9.17, 15) is 4.79 Å². The summed E-state index contributed by atoms with van der Waals surface area (Å²) < 4.78 is 0. The van der Waals surface area contributed by atoms with Crippen molar-refractivity contribution in [3.8, 4) is 0 Å². The molecule has 19 heavy (non-hydrogen) atoms. The summed E-state index contributed by atoms with van der Waals surface area (Å²) >= 11 is 0. The zero-order valence-electron chi connectivity index (χ0n) is 11.3. The van der Waals surface area contributed by atoms with Crippen molar-refractivity contribution in [3.63, 3.8) is 0 Å². The van der Waals surface area contributed by atoms with E-state index >= 15 is 0 Å². The first-order valence-corrected chi connectivity index (χ1v) is 6.78. The lowest BCUT2D eigenvalue weighted by Crippen LogP contribution is -2.30. The topological polar surface area (TPSA) is 65.5 Å². The zero-order chi connectivity index (χ0) is 13.7. The lowest BCUT2D eigenvalue weighted by molar-refractivity contribution is 0.0690. The van der Waals surface area contributed by atoms with E-state index in [-0.39, 0.29) is 5.69 Å². The van der Waals surface area contributed by atoms with Gasteiger partial charge in [-0.15, -0.1) is 0 Å². The Bertz CT molecular complexity index is 428. The molecule has 2 N–H and O–H groups in total. The number of likely N-dealkylation sites (tertiary alicyclic amines) is 1. The molecule has 1 fully saturated rings. The number of piperidine rings is 1. The summed E-state index contributed by atoms with van der Waals surface area (Å²) in [5.41, 5.74) is 0.0873. The van der Waals surface area contributed by atoms with Crippen molar-refractivity contribution in [3.05, 3.63) is 23.9 Å². The molecule has 0 amide bonds. The summed E-state index contributed by atoms with van der Waals surface area (Å²) in [6.45, 7) is 3.21. The summed E-state index contributed by atoms with van der Waals surface area (Å²) in [6.07, 6.45) is 3.62. The van der Waals surface area contributed by atoms with Crippen LogP contribution in [0.25, 0.3) is 0 Å². The van der Waals surface area contributed by atoms with Gasteiger partial charge in [-0.3, -0.25) is 0 Å². The Morgan fingerprint density at radius 1 is 1.47 bits per heavy atom. The van der Waals surface area contributed by atoms with Crippen molar-refractivity contribution in [2.24, 2.45) is 5.92 Å². The third-order valence-electron chi connectivity index (χ3n) is 3.67. The summed E-state index contributed by atoms with van der Waals surface area (Å²) in [6, 6.07) is 5.03. The van der Waals surface area contributed by atoms with E-state index in [1.54, 1.807) is 12.1 Å². The second-order valence-corrected chi connectivity index (χ2v) is 5.18. The number of carbonyl (C=O) groups is 1. The van der Waals surface area contributed by atoms with Crippen LogP contribution in [0.4, 0.5) is 5.82 Å². The van der Waals surface area contributed by atoms with Gasteiger partial charge in [0.05, 0.1) is 0 Å². The number of hydrogen-bond acceptors (Lipinski definition) is 4. The molecular weight excluding hydrogens is 242 g/mol. The predicted molar refractivity (Wildman–Crippen MR) is 74.5 cm³/mol. The molecule has 0 aromatic carbocycles. The molecule has 0 saturated carbocycles. The molecule has 1 aromatic heterocycles. The van der Waals surface area contributed by atoms with Crippen LogP contribution in [0.1, 0.15) is 29.8 Å². The number of nitrogens with zero attached hydrogens (tertiary/aromatic N) is 2. The number of carboxylic acids is 1. The molecule has 2 heterocycles. The fourth-order valence-electron chi connectivity index (χ4n) is 2.41. The third-order valence-corrected chi connectivity index (χ3v) is 3.67. The van der Waals surface area contributed by atoms with E-state index in [4.69, 9.17) is 5.11 Å². The monoisotopic (exact) mass is 263 g/mol. The number of aromatic carboxylic acids is 1. The Kier molecular flexibility index (Phi) is 4.74. The van der Waals surface area contributed by atoms with Gasteiger partial charge in [-0.2, -0.15) is 0 Å². The number of anilines is 1. The molecule has 0 spiro atoms. The van der Waals surface area contributed by atoms with Gasteiger partial charge in [-0.1, -0.05) is 6.07 Å². The molecule has 0 unspecified atom stereocenters. The molecule has 0 aliphatic carbocycles. The largest absolute Gasteiger partial charge is 0.477 e. The molecule has 1 aliphatic heterocycles. The van der Waals surface area contributed by atoms with Crippen LogP contribution in [0.3, 0.4) is 0 Å². The van der Waals surface area contributed by atoms with Gasteiger partial charge in [0.15, 0.2) is 5.69 Å². The molecule has 0 atom stereocenters. The highest BCUT2D eigenvalue weighted by atomic mass is 16.4. The Morgan fingerprint density at radius 2 is 2.21 bits per heavy atom. The molecule has 0 radical (unpaired) electrons. The SMILES string of the molecule is CN1CCC(CCNc2cccc(C(=O)O)n2)CC1. The highest BCUT2D eigenvalue weighted by molar-refractivity contribution is 5.85. The minimum absolute atomic E-state index is 0.0873. The van der Waals surface area contributed by atoms with Crippen LogP contribution in [0.5, 0.6) is 0 Å². The maximum atomic E-state index is 10.8. The van der Waals surface area contributed by atoms with Crippen molar-refractivity contribution in [2.45, 2.75) is 19.3 Å². The smallest absolute Gasteiger partial charge is 0.354 e. The van der Waals surface area contributed by atoms with E-state index in [0.29, 0.717) is 5.82 Å². The number of pyridine rings is 1. The number of rotatable bonds is 5. The lowest BCUT2D eigenvalue weighted by Gasteiger charge is -2.28. The van der Waals surface area contributed by atoms with E-state index in [1.807, 2.05) is 0 Å². The molecule has 0 bridgehead atoms. The maximum Gasteiger partial charge on any atom is 0.354 e. The normalized spacial score (nSPS) is 17.3. The van der Waals surface area contributed by atoms with Crippen molar-refractivity contribution < 1.29 is 9.90 Å². The van der Waals surface area contributed by atoms with Crippen molar-refractivity contribution in [1.29, 1.82) is 0 Å². The number of carboxylic acid groups (broad SMARTS) is 1. The van der Waals surface area contributed by atoms with Crippen LogP contribution >= 0.6 is 0 Å². The molecule has 1 aromatic rings. The van der Waals surface area contributed by atoms with Crippen LogP contribution in [-0.4, -0.2) is 47.6 Å². The molecular formula is C14H21N3O2. The second kappa shape index (κ2) is 6.52. The van der Waals surface area contributed by atoms with Gasteiger partial charge in [-0.05, 0) is 57.5 Å². The Labute approximate surface area is 113 Å². The average Bonchev–Trinajstić information content (AvgIpc) is 2.41. The highest BCUT2D eigenvalue weighted by Gasteiger charge is 2.16. The Morgan fingerprint density at radius 3 is 2.89 bits per heavy atom. The van der Waals surface area contributed by atoms with Crippen LogP contribution in [0.2, 0.25) is 0 Å².